The molecule has 4 rings (SSSR count). The number of ether oxygens (including phenoxy) is 1. The Morgan fingerprint density at radius 1 is 0.967 bits per heavy atom. The Morgan fingerprint density at radius 2 is 1.63 bits per heavy atom. The van der Waals surface area contributed by atoms with Crippen molar-refractivity contribution in [2.75, 3.05) is 6.61 Å². The Labute approximate surface area is 172 Å². The first kappa shape index (κ1) is 19.1. The summed E-state index contributed by atoms with van der Waals surface area (Å²) in [6.45, 7) is 3.70. The van der Waals surface area contributed by atoms with Gasteiger partial charge < -0.3 is 9.84 Å². The van der Waals surface area contributed by atoms with Crippen LogP contribution in [0.3, 0.4) is 0 Å². The Bertz CT molecular complexity index is 1240. The van der Waals surface area contributed by atoms with Crippen LogP contribution in [-0.4, -0.2) is 33.4 Å². The van der Waals surface area contributed by atoms with Gasteiger partial charge in [0.05, 0.1) is 22.3 Å². The molecule has 0 spiro atoms. The summed E-state index contributed by atoms with van der Waals surface area (Å²) in [5.74, 6) is -1.38. The number of aromatic carboxylic acids is 1. The van der Waals surface area contributed by atoms with E-state index in [0.29, 0.717) is 5.56 Å². The minimum atomic E-state index is -0.973. The molecule has 1 aromatic heterocycles. The predicted octanol–water partition coefficient (Wildman–Crippen LogP) is 4.73. The van der Waals surface area contributed by atoms with Gasteiger partial charge in [-0.25, -0.2) is 14.3 Å². The summed E-state index contributed by atoms with van der Waals surface area (Å²) in [6.07, 6.45) is 1.52. The second-order valence-electron chi connectivity index (χ2n) is 6.59. The third-order valence-corrected chi connectivity index (χ3v) is 4.67. The van der Waals surface area contributed by atoms with Gasteiger partial charge in [0.2, 0.25) is 0 Å². The summed E-state index contributed by atoms with van der Waals surface area (Å²) in [7, 11) is 0. The standard InChI is InChI=1S/C24H18N2O4/c1-2-15-30-24(29)18-9-7-16(8-10-18)22-20-5-3-4-6-21(20)26(25-22)19-13-11-17(12-14-19)23(27)28/h2-14H,1,15H2,(H,27,28). The topological polar surface area (TPSA) is 81.4 Å². The number of rotatable bonds is 6. The van der Waals surface area contributed by atoms with Crippen LogP contribution in [0.2, 0.25) is 0 Å². The van der Waals surface area contributed by atoms with E-state index in [-0.39, 0.29) is 12.2 Å². The normalized spacial score (nSPS) is 10.7. The lowest BCUT2D eigenvalue weighted by molar-refractivity contribution is 0.0549. The summed E-state index contributed by atoms with van der Waals surface area (Å²) < 4.78 is 6.84. The van der Waals surface area contributed by atoms with Gasteiger partial charge in [-0.3, -0.25) is 0 Å². The first-order chi connectivity index (χ1) is 14.6. The first-order valence-electron chi connectivity index (χ1n) is 9.28. The van der Waals surface area contributed by atoms with Gasteiger partial charge in [0.1, 0.15) is 12.3 Å². The highest BCUT2D eigenvalue weighted by atomic mass is 16.5. The molecule has 0 amide bonds. The van der Waals surface area contributed by atoms with E-state index < -0.39 is 11.9 Å². The highest BCUT2D eigenvalue weighted by molar-refractivity contribution is 5.95. The second kappa shape index (κ2) is 8.05. The van der Waals surface area contributed by atoms with Gasteiger partial charge in [-0.15, -0.1) is 0 Å². The van der Waals surface area contributed by atoms with Crippen molar-refractivity contribution in [2.24, 2.45) is 0 Å². The van der Waals surface area contributed by atoms with Crippen molar-refractivity contribution in [3.05, 3.63) is 96.6 Å². The fraction of sp³-hybridized carbons (Fsp3) is 0.0417. The number of carboxylic acids is 1. The molecule has 0 atom stereocenters. The molecule has 0 saturated heterocycles. The largest absolute Gasteiger partial charge is 0.478 e. The maximum Gasteiger partial charge on any atom is 0.338 e. The summed E-state index contributed by atoms with van der Waals surface area (Å²) in [4.78, 5) is 23.1. The monoisotopic (exact) mass is 398 g/mol. The molecule has 0 radical (unpaired) electrons. The Morgan fingerprint density at radius 3 is 2.30 bits per heavy atom. The lowest BCUT2D eigenvalue weighted by Gasteiger charge is -2.04. The van der Waals surface area contributed by atoms with E-state index in [1.54, 1.807) is 41.1 Å². The molecule has 0 aliphatic rings. The highest BCUT2D eigenvalue weighted by Gasteiger charge is 2.15. The van der Waals surface area contributed by atoms with Crippen LogP contribution in [0.15, 0.2) is 85.5 Å². The summed E-state index contributed by atoms with van der Waals surface area (Å²) in [6, 6.07) is 21.4. The number of hydrogen-bond donors (Lipinski definition) is 1. The average molecular weight is 398 g/mol. The number of esters is 1. The van der Waals surface area contributed by atoms with Crippen molar-refractivity contribution in [2.45, 2.75) is 0 Å². The molecule has 0 saturated carbocycles. The lowest BCUT2D eigenvalue weighted by Crippen LogP contribution is -2.04. The van der Waals surface area contributed by atoms with Gasteiger partial charge >= 0.3 is 11.9 Å². The van der Waals surface area contributed by atoms with E-state index in [9.17, 15) is 9.59 Å². The zero-order valence-corrected chi connectivity index (χ0v) is 16.0. The molecule has 30 heavy (non-hydrogen) atoms. The van der Waals surface area contributed by atoms with Crippen LogP contribution in [0, 0.1) is 0 Å². The molecule has 4 aromatic rings. The number of carbonyl (C=O) groups is 2. The smallest absolute Gasteiger partial charge is 0.338 e. The van der Waals surface area contributed by atoms with Crippen molar-refractivity contribution in [1.29, 1.82) is 0 Å². The summed E-state index contributed by atoms with van der Waals surface area (Å²) >= 11 is 0. The van der Waals surface area contributed by atoms with E-state index in [4.69, 9.17) is 14.9 Å². The van der Waals surface area contributed by atoms with E-state index in [1.807, 2.05) is 36.4 Å². The maximum atomic E-state index is 12.0. The molecule has 1 N–H and O–H groups in total. The fourth-order valence-electron chi connectivity index (χ4n) is 3.20. The molecular formula is C24H18N2O4. The molecule has 0 unspecified atom stereocenters. The van der Waals surface area contributed by atoms with E-state index in [1.165, 1.54) is 6.08 Å². The number of fused-ring (bicyclic) bond motifs is 1. The average Bonchev–Trinajstić information content (AvgIpc) is 3.17. The minimum absolute atomic E-state index is 0.163. The van der Waals surface area contributed by atoms with Crippen LogP contribution < -0.4 is 0 Å². The van der Waals surface area contributed by atoms with Crippen LogP contribution in [-0.2, 0) is 4.74 Å². The molecule has 0 aliphatic heterocycles. The van der Waals surface area contributed by atoms with Gasteiger partial charge in [0.15, 0.2) is 0 Å². The third kappa shape index (κ3) is 3.58. The zero-order chi connectivity index (χ0) is 21.1. The van der Waals surface area contributed by atoms with Gasteiger partial charge in [0, 0.05) is 10.9 Å². The molecule has 0 bridgehead atoms. The van der Waals surface area contributed by atoms with Gasteiger partial charge in [0.25, 0.3) is 0 Å². The lowest BCUT2D eigenvalue weighted by atomic mass is 10.1. The third-order valence-electron chi connectivity index (χ3n) is 4.67. The number of nitrogens with zero attached hydrogens (tertiary/aromatic N) is 2. The number of hydrogen-bond acceptors (Lipinski definition) is 4. The van der Waals surface area contributed by atoms with Gasteiger partial charge in [-0.2, -0.15) is 5.10 Å². The Kier molecular flexibility index (Phi) is 5.13. The van der Waals surface area contributed by atoms with Crippen LogP contribution in [0.25, 0.3) is 27.8 Å². The van der Waals surface area contributed by atoms with Crippen molar-refractivity contribution < 1.29 is 19.4 Å². The molecule has 0 fully saturated rings. The van der Waals surface area contributed by atoms with Gasteiger partial charge in [-0.1, -0.05) is 43.0 Å². The first-order valence-corrected chi connectivity index (χ1v) is 9.28. The number of aromatic nitrogens is 2. The van der Waals surface area contributed by atoms with Crippen LogP contribution >= 0.6 is 0 Å². The van der Waals surface area contributed by atoms with Gasteiger partial charge in [-0.05, 0) is 42.5 Å². The number of benzene rings is 3. The van der Waals surface area contributed by atoms with Crippen molar-refractivity contribution in [3.8, 4) is 16.9 Å². The molecule has 6 nitrogen and oxygen atoms in total. The van der Waals surface area contributed by atoms with E-state index in [0.717, 1.165) is 27.8 Å². The van der Waals surface area contributed by atoms with E-state index >= 15 is 0 Å². The number of para-hydroxylation sites is 1. The highest BCUT2D eigenvalue weighted by Crippen LogP contribution is 2.30. The predicted molar refractivity (Wildman–Crippen MR) is 114 cm³/mol. The van der Waals surface area contributed by atoms with Crippen molar-refractivity contribution in [1.82, 2.24) is 9.78 Å². The molecule has 1 heterocycles. The summed E-state index contributed by atoms with van der Waals surface area (Å²) in [5, 5.41) is 14.8. The Balaban J connectivity index is 1.74. The molecule has 6 heteroatoms. The Hall–Kier alpha value is -4.19. The quantitative estimate of drug-likeness (QED) is 0.375. The molecule has 0 aliphatic carbocycles. The SMILES string of the molecule is C=CCOC(=O)c1ccc(-c2nn(-c3ccc(C(=O)O)cc3)c3ccccc23)cc1. The maximum absolute atomic E-state index is 12.0. The zero-order valence-electron chi connectivity index (χ0n) is 16.0. The van der Waals surface area contributed by atoms with Crippen molar-refractivity contribution >= 4 is 22.8 Å². The minimum Gasteiger partial charge on any atom is -0.478 e. The van der Waals surface area contributed by atoms with Crippen LogP contribution in [0.4, 0.5) is 0 Å². The second-order valence-corrected chi connectivity index (χ2v) is 6.59. The van der Waals surface area contributed by atoms with E-state index in [2.05, 4.69) is 6.58 Å². The number of carbonyl (C=O) groups excluding carboxylic acids is 1. The number of carboxylic acid groups (broad SMARTS) is 1. The molecular weight excluding hydrogens is 380 g/mol. The van der Waals surface area contributed by atoms with Crippen LogP contribution in [0.5, 0.6) is 0 Å². The molecule has 3 aromatic carbocycles. The van der Waals surface area contributed by atoms with Crippen LogP contribution in [0.1, 0.15) is 20.7 Å². The van der Waals surface area contributed by atoms with Crippen molar-refractivity contribution in [3.63, 3.8) is 0 Å². The summed E-state index contributed by atoms with van der Waals surface area (Å²) in [5.41, 5.74) is 3.94. The molecule has 148 valence electrons. The fourth-order valence-corrected chi connectivity index (χ4v) is 3.20.